The zero-order valence-corrected chi connectivity index (χ0v) is 9.11. The van der Waals surface area contributed by atoms with Crippen LogP contribution >= 0.6 is 11.6 Å². The third-order valence-electron chi connectivity index (χ3n) is 1.02. The first-order valence-electron chi connectivity index (χ1n) is 2.59. The van der Waals surface area contributed by atoms with Crippen LogP contribution in [0.25, 0.3) is 0 Å². The SMILES string of the molecule is Clc1cccc([CH]=[Hf+2])c1. The molecule has 42 valence electrons. The Labute approximate surface area is 73.9 Å². The van der Waals surface area contributed by atoms with Crippen LogP contribution in [0, 0.1) is 0 Å². The first kappa shape index (κ1) is 7.36. The van der Waals surface area contributed by atoms with Crippen molar-refractivity contribution in [1.82, 2.24) is 0 Å². The Bertz CT molecular complexity index is 220. The van der Waals surface area contributed by atoms with Gasteiger partial charge in [0.25, 0.3) is 0 Å². The molecule has 0 unspecified atom stereocenters. The molecule has 0 bridgehead atoms. The van der Waals surface area contributed by atoms with Gasteiger partial charge in [-0.3, -0.25) is 0 Å². The molecule has 0 aliphatic carbocycles. The summed E-state index contributed by atoms with van der Waals surface area (Å²) < 4.78 is 2.16. The first-order valence-corrected chi connectivity index (χ1v) is 5.04. The van der Waals surface area contributed by atoms with Gasteiger partial charge in [-0.25, -0.2) is 0 Å². The van der Waals surface area contributed by atoms with Gasteiger partial charge in [0, 0.05) is 0 Å². The maximum atomic E-state index is 5.72. The zero-order valence-electron chi connectivity index (χ0n) is 4.76. The van der Waals surface area contributed by atoms with Gasteiger partial charge in [0.2, 0.25) is 0 Å². The fourth-order valence-electron chi connectivity index (χ4n) is 0.596. The van der Waals surface area contributed by atoms with E-state index in [2.05, 4.69) is 9.82 Å². The summed E-state index contributed by atoms with van der Waals surface area (Å²) in [5, 5.41) is 0.819. The van der Waals surface area contributed by atoms with E-state index in [1.54, 1.807) is 0 Å². The van der Waals surface area contributed by atoms with E-state index in [0.29, 0.717) is 0 Å². The van der Waals surface area contributed by atoms with E-state index >= 15 is 0 Å². The predicted molar refractivity (Wildman–Crippen MR) is 36.6 cm³/mol. The van der Waals surface area contributed by atoms with Crippen LogP contribution in [0.15, 0.2) is 24.3 Å². The van der Waals surface area contributed by atoms with Crippen molar-refractivity contribution in [1.29, 1.82) is 0 Å². The van der Waals surface area contributed by atoms with Crippen LogP contribution in [0.2, 0.25) is 5.02 Å². The van der Waals surface area contributed by atoms with Gasteiger partial charge in [-0.05, 0) is 0 Å². The molecule has 0 aromatic heterocycles. The molecule has 0 spiro atoms. The monoisotopic (exact) mass is 304 g/mol. The van der Waals surface area contributed by atoms with Crippen LogP contribution in [0.4, 0.5) is 0 Å². The van der Waals surface area contributed by atoms with Crippen molar-refractivity contribution in [2.75, 3.05) is 0 Å². The molecule has 0 saturated heterocycles. The van der Waals surface area contributed by atoms with Crippen LogP contribution in [0.3, 0.4) is 0 Å². The van der Waals surface area contributed by atoms with Gasteiger partial charge in [-0.1, -0.05) is 0 Å². The number of hydrogen-bond acceptors (Lipinski definition) is 0. The summed E-state index contributed by atoms with van der Waals surface area (Å²) in [5.41, 5.74) is 1.23. The standard InChI is InChI=1S/C7H5Cl.Hf/c1-6-3-2-4-7(8)5-6;/h1-5H;/q;+2. The number of hydrogen-bond donors (Lipinski definition) is 0. The van der Waals surface area contributed by atoms with Crippen LogP contribution < -0.4 is 0 Å². The second kappa shape index (κ2) is 3.43. The molecule has 0 radical (unpaired) electrons. The second-order valence-electron chi connectivity index (χ2n) is 1.70. The van der Waals surface area contributed by atoms with E-state index in [1.165, 1.54) is 5.56 Å². The molecule has 1 aromatic rings. The van der Waals surface area contributed by atoms with Crippen molar-refractivity contribution >= 4 is 15.4 Å². The van der Waals surface area contributed by atoms with Crippen LogP contribution in [0.5, 0.6) is 0 Å². The second-order valence-corrected chi connectivity index (χ2v) is 3.17. The summed E-state index contributed by atoms with van der Waals surface area (Å²) in [6, 6.07) is 7.87. The third-order valence-corrected chi connectivity index (χ3v) is 2.45. The fourth-order valence-corrected chi connectivity index (χ4v) is 1.44. The molecule has 0 heterocycles. The van der Waals surface area contributed by atoms with Crippen LogP contribution in [-0.4, -0.2) is 3.76 Å². The summed E-state index contributed by atoms with van der Waals surface area (Å²) in [6.45, 7) is 0. The van der Waals surface area contributed by atoms with Crippen molar-refractivity contribution in [3.63, 3.8) is 0 Å². The normalized spacial score (nSPS) is 9.22. The molecule has 0 saturated carbocycles. The van der Waals surface area contributed by atoms with Gasteiger partial charge in [0.15, 0.2) is 0 Å². The third kappa shape index (κ3) is 2.15. The minimum absolute atomic E-state index is 0.819. The van der Waals surface area contributed by atoms with Crippen molar-refractivity contribution in [3.8, 4) is 0 Å². The zero-order chi connectivity index (χ0) is 6.69. The molecule has 0 aliphatic heterocycles. The molecule has 9 heavy (non-hydrogen) atoms. The van der Waals surface area contributed by atoms with Crippen LogP contribution in [0.1, 0.15) is 5.56 Å². The average Bonchev–Trinajstić information content (AvgIpc) is 1.88. The van der Waals surface area contributed by atoms with Crippen molar-refractivity contribution in [2.45, 2.75) is 0 Å². The number of benzene rings is 1. The molecule has 0 fully saturated rings. The topological polar surface area (TPSA) is 0 Å². The first-order chi connectivity index (χ1) is 4.33. The quantitative estimate of drug-likeness (QED) is 0.697. The molecular formula is C7H5ClHf+2. The summed E-state index contributed by atoms with van der Waals surface area (Å²) >= 11 is 6.81. The Morgan fingerprint density at radius 3 is 2.67 bits per heavy atom. The summed E-state index contributed by atoms with van der Waals surface area (Å²) in [5.74, 6) is 0. The Hall–Kier alpha value is 0.250. The summed E-state index contributed by atoms with van der Waals surface area (Å²) in [4.78, 5) is 0. The van der Waals surface area contributed by atoms with E-state index in [0.717, 1.165) is 28.9 Å². The molecular weight excluding hydrogens is 298 g/mol. The Balaban J connectivity index is 3.07. The van der Waals surface area contributed by atoms with Crippen LogP contribution in [-0.2, 0) is 23.9 Å². The molecule has 1 rings (SSSR count). The molecule has 2 heteroatoms. The van der Waals surface area contributed by atoms with E-state index < -0.39 is 0 Å². The number of halogens is 1. The molecule has 1 aromatic carbocycles. The van der Waals surface area contributed by atoms with E-state index in [1.807, 2.05) is 18.2 Å². The minimum atomic E-state index is 0.819. The Kier molecular flexibility index (Phi) is 2.80. The van der Waals surface area contributed by atoms with Crippen molar-refractivity contribution < 1.29 is 23.9 Å². The van der Waals surface area contributed by atoms with Gasteiger partial charge in [0.1, 0.15) is 0 Å². The molecule has 0 amide bonds. The Morgan fingerprint density at radius 1 is 1.44 bits per heavy atom. The molecule has 0 aliphatic rings. The average molecular weight is 303 g/mol. The van der Waals surface area contributed by atoms with Gasteiger partial charge in [-0.15, -0.1) is 0 Å². The van der Waals surface area contributed by atoms with Gasteiger partial charge < -0.3 is 0 Å². The summed E-state index contributed by atoms with van der Waals surface area (Å²) in [6.07, 6.45) is 0. The van der Waals surface area contributed by atoms with Crippen molar-refractivity contribution in [2.24, 2.45) is 0 Å². The Morgan fingerprint density at radius 2 is 2.22 bits per heavy atom. The molecule has 0 nitrogen and oxygen atoms in total. The van der Waals surface area contributed by atoms with E-state index in [-0.39, 0.29) is 0 Å². The molecule has 0 N–H and O–H groups in total. The maximum absolute atomic E-state index is 5.72. The van der Waals surface area contributed by atoms with Gasteiger partial charge in [-0.2, -0.15) is 0 Å². The van der Waals surface area contributed by atoms with E-state index in [9.17, 15) is 0 Å². The molecule has 0 atom stereocenters. The van der Waals surface area contributed by atoms with Gasteiger partial charge in [0.05, 0.1) is 0 Å². The van der Waals surface area contributed by atoms with Crippen molar-refractivity contribution in [3.05, 3.63) is 34.9 Å². The predicted octanol–water partition coefficient (Wildman–Crippen LogP) is 2.04. The fraction of sp³-hybridized carbons (Fsp3) is 0. The number of rotatable bonds is 1. The van der Waals surface area contributed by atoms with E-state index in [4.69, 9.17) is 11.6 Å². The summed E-state index contributed by atoms with van der Waals surface area (Å²) in [7, 11) is 0. The van der Waals surface area contributed by atoms with Gasteiger partial charge >= 0.3 is 74.1 Å².